The molecule has 0 saturated carbocycles. The monoisotopic (exact) mass is 427 g/mol. The van der Waals surface area contributed by atoms with Crippen LogP contribution in [0, 0.1) is 18.6 Å². The molecular formula is C21H19F2N5O3. The van der Waals surface area contributed by atoms with E-state index < -0.39 is 17.5 Å². The van der Waals surface area contributed by atoms with E-state index in [0.29, 0.717) is 34.4 Å². The minimum absolute atomic E-state index is 0.160. The van der Waals surface area contributed by atoms with Crippen molar-refractivity contribution in [2.75, 3.05) is 5.32 Å². The Kier molecular flexibility index (Phi) is 5.14. The van der Waals surface area contributed by atoms with Gasteiger partial charge in [-0.3, -0.25) is 13.9 Å². The second-order valence-corrected chi connectivity index (χ2v) is 7.35. The Labute approximate surface area is 175 Å². The molecule has 2 aromatic carbocycles. The quantitative estimate of drug-likeness (QED) is 0.525. The summed E-state index contributed by atoms with van der Waals surface area (Å²) < 4.78 is 34.9. The number of hydrogen-bond donors (Lipinski definition) is 1. The summed E-state index contributed by atoms with van der Waals surface area (Å²) in [6, 6.07) is 7.90. The van der Waals surface area contributed by atoms with Crippen LogP contribution < -0.4 is 11.0 Å². The minimum atomic E-state index is -0.903. The van der Waals surface area contributed by atoms with Crippen molar-refractivity contribution >= 4 is 22.6 Å². The number of carbonyl (C=O) groups excluding carboxylic acids is 1. The van der Waals surface area contributed by atoms with Gasteiger partial charge in [-0.2, -0.15) is 4.98 Å². The number of nitrogens with one attached hydrogen (secondary N) is 1. The van der Waals surface area contributed by atoms with Crippen LogP contribution in [0.5, 0.6) is 0 Å². The number of imidazole rings is 1. The number of halogens is 2. The van der Waals surface area contributed by atoms with Crippen LogP contribution in [0.3, 0.4) is 0 Å². The molecule has 1 N–H and O–H groups in total. The van der Waals surface area contributed by atoms with E-state index in [0.717, 1.165) is 12.1 Å². The van der Waals surface area contributed by atoms with Crippen LogP contribution in [0.2, 0.25) is 0 Å². The Hall–Kier alpha value is -3.82. The summed E-state index contributed by atoms with van der Waals surface area (Å²) in [6.45, 7) is 5.02. The molecule has 0 spiro atoms. The average molecular weight is 427 g/mol. The van der Waals surface area contributed by atoms with E-state index in [2.05, 4.69) is 15.5 Å². The van der Waals surface area contributed by atoms with Gasteiger partial charge in [0.2, 0.25) is 17.6 Å². The van der Waals surface area contributed by atoms with Crippen molar-refractivity contribution in [2.24, 2.45) is 0 Å². The molecule has 2 heterocycles. The molecule has 4 aromatic rings. The van der Waals surface area contributed by atoms with Gasteiger partial charge in [-0.1, -0.05) is 5.16 Å². The summed E-state index contributed by atoms with van der Waals surface area (Å²) in [6.07, 6.45) is 0. The summed E-state index contributed by atoms with van der Waals surface area (Å²) in [5, 5.41) is 6.27. The third-order valence-corrected chi connectivity index (χ3v) is 4.77. The van der Waals surface area contributed by atoms with Crippen LogP contribution in [-0.2, 0) is 11.3 Å². The van der Waals surface area contributed by atoms with Crippen molar-refractivity contribution in [1.82, 2.24) is 19.3 Å². The maximum absolute atomic E-state index is 13.9. The fourth-order valence-corrected chi connectivity index (χ4v) is 3.41. The second-order valence-electron chi connectivity index (χ2n) is 7.35. The standard InChI is InChI=1S/C21H19F2N5O3/c1-11(2)28-17-7-4-13(20-24-12(3)31-26-20)8-18(17)27(21(28)30)10-19(29)25-16-6-5-14(22)9-15(16)23/h4-9,11H,10H2,1-3H3,(H,25,29). The van der Waals surface area contributed by atoms with Gasteiger partial charge in [0.15, 0.2) is 0 Å². The lowest BCUT2D eigenvalue weighted by Crippen LogP contribution is -2.30. The molecule has 0 saturated heterocycles. The van der Waals surface area contributed by atoms with Gasteiger partial charge in [0.05, 0.1) is 16.7 Å². The Balaban J connectivity index is 1.75. The van der Waals surface area contributed by atoms with Gasteiger partial charge in [0.25, 0.3) is 0 Å². The predicted octanol–water partition coefficient (Wildman–Crippen LogP) is 3.66. The van der Waals surface area contributed by atoms with E-state index in [1.54, 1.807) is 29.7 Å². The molecule has 8 nitrogen and oxygen atoms in total. The molecule has 0 aliphatic carbocycles. The molecule has 0 fully saturated rings. The maximum Gasteiger partial charge on any atom is 0.329 e. The van der Waals surface area contributed by atoms with Crippen molar-refractivity contribution in [3.8, 4) is 11.4 Å². The largest absolute Gasteiger partial charge is 0.339 e. The van der Waals surface area contributed by atoms with Crippen molar-refractivity contribution in [3.63, 3.8) is 0 Å². The highest BCUT2D eigenvalue weighted by molar-refractivity contribution is 5.92. The highest BCUT2D eigenvalue weighted by Crippen LogP contribution is 2.24. The highest BCUT2D eigenvalue weighted by Gasteiger charge is 2.19. The first kappa shape index (κ1) is 20.5. The van der Waals surface area contributed by atoms with Crippen molar-refractivity contribution in [2.45, 2.75) is 33.4 Å². The summed E-state index contributed by atoms with van der Waals surface area (Å²) in [5.41, 5.74) is 1.18. The van der Waals surface area contributed by atoms with Gasteiger partial charge >= 0.3 is 5.69 Å². The molecular weight excluding hydrogens is 408 g/mol. The second kappa shape index (κ2) is 7.78. The van der Waals surface area contributed by atoms with E-state index in [4.69, 9.17) is 4.52 Å². The number of hydrogen-bond acceptors (Lipinski definition) is 5. The zero-order valence-corrected chi connectivity index (χ0v) is 17.0. The number of nitrogens with zero attached hydrogens (tertiary/aromatic N) is 4. The van der Waals surface area contributed by atoms with E-state index in [9.17, 15) is 18.4 Å². The molecule has 0 radical (unpaired) electrons. The molecule has 4 rings (SSSR count). The lowest BCUT2D eigenvalue weighted by molar-refractivity contribution is -0.116. The fourth-order valence-electron chi connectivity index (χ4n) is 3.41. The SMILES string of the molecule is Cc1nc(-c2ccc3c(c2)n(CC(=O)Nc2ccc(F)cc2F)c(=O)n3C(C)C)no1. The zero-order chi connectivity index (χ0) is 22.3. The van der Waals surface area contributed by atoms with Gasteiger partial charge in [-0.25, -0.2) is 13.6 Å². The van der Waals surface area contributed by atoms with Crippen molar-refractivity contribution < 1.29 is 18.1 Å². The number of rotatable bonds is 5. The first-order valence-corrected chi connectivity index (χ1v) is 9.55. The van der Waals surface area contributed by atoms with E-state index in [1.165, 1.54) is 4.57 Å². The van der Waals surface area contributed by atoms with Gasteiger partial charge < -0.3 is 9.84 Å². The lowest BCUT2D eigenvalue weighted by atomic mass is 10.2. The molecule has 0 aliphatic rings. The van der Waals surface area contributed by atoms with E-state index in [1.807, 2.05) is 13.8 Å². The van der Waals surface area contributed by atoms with E-state index in [-0.39, 0.29) is 24.0 Å². The normalized spacial score (nSPS) is 11.4. The molecule has 31 heavy (non-hydrogen) atoms. The maximum atomic E-state index is 13.9. The first-order chi connectivity index (χ1) is 14.7. The van der Waals surface area contributed by atoms with Gasteiger partial charge in [-0.05, 0) is 44.2 Å². The van der Waals surface area contributed by atoms with Gasteiger partial charge in [0, 0.05) is 24.6 Å². The third kappa shape index (κ3) is 3.83. The Morgan fingerprint density at radius 2 is 1.94 bits per heavy atom. The molecule has 0 atom stereocenters. The minimum Gasteiger partial charge on any atom is -0.339 e. The molecule has 10 heteroatoms. The number of aromatic nitrogens is 4. The highest BCUT2D eigenvalue weighted by atomic mass is 19.1. The molecule has 0 aliphatic heterocycles. The van der Waals surface area contributed by atoms with Crippen molar-refractivity contribution in [3.05, 3.63) is 64.4 Å². The number of aryl methyl sites for hydroxylation is 1. The molecule has 0 unspecified atom stereocenters. The van der Waals surface area contributed by atoms with Crippen LogP contribution in [0.1, 0.15) is 25.8 Å². The van der Waals surface area contributed by atoms with Crippen LogP contribution >= 0.6 is 0 Å². The number of amides is 1. The fraction of sp³-hybridized carbons (Fsp3) is 0.238. The number of benzene rings is 2. The average Bonchev–Trinajstić information content (AvgIpc) is 3.25. The predicted molar refractivity (Wildman–Crippen MR) is 110 cm³/mol. The van der Waals surface area contributed by atoms with Crippen LogP contribution in [0.15, 0.2) is 45.7 Å². The molecule has 2 aromatic heterocycles. The molecule has 160 valence electrons. The summed E-state index contributed by atoms with van der Waals surface area (Å²) >= 11 is 0. The Morgan fingerprint density at radius 3 is 2.58 bits per heavy atom. The van der Waals surface area contributed by atoms with Crippen LogP contribution in [-0.4, -0.2) is 25.2 Å². The van der Waals surface area contributed by atoms with Crippen LogP contribution in [0.25, 0.3) is 22.4 Å². The Morgan fingerprint density at radius 1 is 1.16 bits per heavy atom. The smallest absolute Gasteiger partial charge is 0.329 e. The number of fused-ring (bicyclic) bond motifs is 1. The number of anilines is 1. The summed E-state index contributed by atoms with van der Waals surface area (Å²) in [5.74, 6) is -1.53. The lowest BCUT2D eigenvalue weighted by Gasteiger charge is -2.08. The Bertz CT molecular complexity index is 1350. The van der Waals surface area contributed by atoms with Gasteiger partial charge in [0.1, 0.15) is 18.2 Å². The zero-order valence-electron chi connectivity index (χ0n) is 17.0. The molecule has 1 amide bonds. The number of carbonyl (C=O) groups is 1. The topological polar surface area (TPSA) is 95.0 Å². The third-order valence-electron chi connectivity index (χ3n) is 4.77. The van der Waals surface area contributed by atoms with Gasteiger partial charge in [-0.15, -0.1) is 0 Å². The van der Waals surface area contributed by atoms with E-state index >= 15 is 0 Å². The van der Waals surface area contributed by atoms with Crippen molar-refractivity contribution in [1.29, 1.82) is 0 Å². The van der Waals surface area contributed by atoms with Crippen LogP contribution in [0.4, 0.5) is 14.5 Å². The summed E-state index contributed by atoms with van der Waals surface area (Å²) in [4.78, 5) is 29.8. The molecule has 0 bridgehead atoms. The first-order valence-electron chi connectivity index (χ1n) is 9.55. The summed E-state index contributed by atoms with van der Waals surface area (Å²) in [7, 11) is 0.